The summed E-state index contributed by atoms with van der Waals surface area (Å²) in [5.74, 6) is 3.40. The Bertz CT molecular complexity index is 2160. The first-order valence-corrected chi connectivity index (χ1v) is 19.4. The SMILES string of the molecule is C#CCCCC(=O)N(Cc1cccc(OC)c1)C(COc1ccc(-c2cc(C(=O)O)no2)cc1)C(=O)NCCCCCC(=O)NCc1ccc(Oc2ccccc2)cc1. The Kier molecular flexibility index (Phi) is 16.5. The van der Waals surface area contributed by atoms with Gasteiger partial charge < -0.3 is 39.4 Å². The molecule has 0 aliphatic carbocycles. The van der Waals surface area contributed by atoms with E-state index in [0.29, 0.717) is 74.4 Å². The Morgan fingerprint density at radius 1 is 0.797 bits per heavy atom. The maximum atomic E-state index is 13.9. The van der Waals surface area contributed by atoms with Crippen molar-refractivity contribution in [3.8, 4) is 46.7 Å². The van der Waals surface area contributed by atoms with Crippen LogP contribution >= 0.6 is 0 Å². The number of para-hydroxylation sites is 1. The molecule has 59 heavy (non-hydrogen) atoms. The molecule has 4 aromatic carbocycles. The minimum atomic E-state index is -1.20. The van der Waals surface area contributed by atoms with Gasteiger partial charge in [0.15, 0.2) is 11.5 Å². The number of terminal acetylenes is 1. The van der Waals surface area contributed by atoms with E-state index < -0.39 is 17.9 Å². The summed E-state index contributed by atoms with van der Waals surface area (Å²) in [6.07, 6.45) is 8.76. The van der Waals surface area contributed by atoms with Crippen LogP contribution in [-0.4, -0.2) is 65.2 Å². The maximum Gasteiger partial charge on any atom is 0.358 e. The molecule has 0 fully saturated rings. The average Bonchev–Trinajstić information content (AvgIpc) is 3.76. The average molecular weight is 801 g/mol. The Hall–Kier alpha value is -7.07. The van der Waals surface area contributed by atoms with Crippen molar-refractivity contribution in [3.63, 3.8) is 0 Å². The van der Waals surface area contributed by atoms with Gasteiger partial charge in [0, 0.05) is 50.5 Å². The number of benzene rings is 4. The number of carboxylic acid groups (broad SMARTS) is 1. The molecule has 13 heteroatoms. The number of amides is 3. The molecular weight excluding hydrogens is 753 g/mol. The molecule has 0 bridgehead atoms. The van der Waals surface area contributed by atoms with Crippen LogP contribution in [0.3, 0.4) is 0 Å². The van der Waals surface area contributed by atoms with Crippen molar-refractivity contribution in [2.24, 2.45) is 0 Å². The zero-order valence-electron chi connectivity index (χ0n) is 32.9. The number of hydrogen-bond acceptors (Lipinski definition) is 9. The van der Waals surface area contributed by atoms with E-state index in [9.17, 15) is 24.3 Å². The number of carboxylic acids is 1. The van der Waals surface area contributed by atoms with Crippen LogP contribution in [0.4, 0.5) is 0 Å². The van der Waals surface area contributed by atoms with E-state index in [1.54, 1.807) is 37.4 Å². The molecule has 306 valence electrons. The summed E-state index contributed by atoms with van der Waals surface area (Å²) in [7, 11) is 1.56. The highest BCUT2D eigenvalue weighted by Crippen LogP contribution is 2.25. The van der Waals surface area contributed by atoms with E-state index in [0.717, 1.165) is 16.9 Å². The van der Waals surface area contributed by atoms with Crippen LogP contribution in [0, 0.1) is 12.3 Å². The molecule has 0 aliphatic heterocycles. The van der Waals surface area contributed by atoms with Gasteiger partial charge in [0.2, 0.25) is 17.7 Å². The molecule has 0 aliphatic rings. The third kappa shape index (κ3) is 13.8. The maximum absolute atomic E-state index is 13.9. The third-order valence-electron chi connectivity index (χ3n) is 9.25. The quantitative estimate of drug-likeness (QED) is 0.0447. The highest BCUT2D eigenvalue weighted by Gasteiger charge is 2.31. The highest BCUT2D eigenvalue weighted by atomic mass is 16.5. The molecule has 0 saturated carbocycles. The first kappa shape index (κ1) is 43.1. The van der Waals surface area contributed by atoms with Crippen LogP contribution in [0.25, 0.3) is 11.3 Å². The molecule has 3 amide bonds. The van der Waals surface area contributed by atoms with Gasteiger partial charge in [-0.3, -0.25) is 14.4 Å². The highest BCUT2D eigenvalue weighted by molar-refractivity contribution is 5.88. The lowest BCUT2D eigenvalue weighted by molar-refractivity contribution is -0.142. The lowest BCUT2D eigenvalue weighted by atomic mass is 10.1. The largest absolute Gasteiger partial charge is 0.497 e. The van der Waals surface area contributed by atoms with Crippen LogP contribution in [-0.2, 0) is 27.5 Å². The Morgan fingerprint density at radius 3 is 2.24 bits per heavy atom. The second-order valence-corrected chi connectivity index (χ2v) is 13.6. The number of methoxy groups -OCH3 is 1. The van der Waals surface area contributed by atoms with Crippen molar-refractivity contribution in [2.45, 2.75) is 64.1 Å². The summed E-state index contributed by atoms with van der Waals surface area (Å²) in [4.78, 5) is 53.0. The normalized spacial score (nSPS) is 11.1. The zero-order chi connectivity index (χ0) is 41.8. The van der Waals surface area contributed by atoms with E-state index in [1.807, 2.05) is 72.8 Å². The molecule has 0 spiro atoms. The standard InChI is InChI=1S/C46H48N4O9/c1-3-4-7-18-44(52)50(31-34-13-12-16-39(28-34)56-2)41(32-57-36-25-21-35(22-26-36)42-29-40(46(54)55)49-59-42)45(53)47-27-11-6-10-17-43(51)48-30-33-19-23-38(24-20-33)58-37-14-8-5-9-15-37/h1,5,8-9,12-16,19-26,28-29,41H,4,6-7,10-11,17-18,27,30-32H2,2H3,(H,47,53)(H,48,51)(H,54,55). The van der Waals surface area contributed by atoms with E-state index in [2.05, 4.69) is 21.7 Å². The van der Waals surface area contributed by atoms with Crippen LogP contribution < -0.4 is 24.8 Å². The molecule has 1 unspecified atom stereocenters. The number of nitrogens with zero attached hydrogens (tertiary/aromatic N) is 2. The predicted octanol–water partition coefficient (Wildman–Crippen LogP) is 7.41. The Balaban J connectivity index is 1.16. The molecule has 0 radical (unpaired) electrons. The number of carbonyl (C=O) groups excluding carboxylic acids is 3. The van der Waals surface area contributed by atoms with Crippen LogP contribution in [0.2, 0.25) is 0 Å². The van der Waals surface area contributed by atoms with Crippen molar-refractivity contribution >= 4 is 23.7 Å². The van der Waals surface area contributed by atoms with E-state index >= 15 is 0 Å². The second kappa shape index (κ2) is 22.6. The lowest BCUT2D eigenvalue weighted by Gasteiger charge is -2.31. The zero-order valence-corrected chi connectivity index (χ0v) is 32.9. The predicted molar refractivity (Wildman–Crippen MR) is 221 cm³/mol. The molecule has 5 aromatic rings. The number of aromatic carboxylic acids is 1. The van der Waals surface area contributed by atoms with Crippen molar-refractivity contribution in [2.75, 3.05) is 20.3 Å². The van der Waals surface area contributed by atoms with E-state index in [4.69, 9.17) is 25.2 Å². The van der Waals surface area contributed by atoms with Crippen molar-refractivity contribution < 1.29 is 43.0 Å². The fourth-order valence-corrected chi connectivity index (χ4v) is 6.04. The fourth-order valence-electron chi connectivity index (χ4n) is 6.04. The van der Waals surface area contributed by atoms with Gasteiger partial charge in [-0.2, -0.15) is 0 Å². The second-order valence-electron chi connectivity index (χ2n) is 13.6. The van der Waals surface area contributed by atoms with E-state index in [1.165, 1.54) is 11.0 Å². The number of ether oxygens (including phenoxy) is 3. The molecule has 1 aromatic heterocycles. The number of carbonyl (C=O) groups is 4. The van der Waals surface area contributed by atoms with Gasteiger partial charge in [0.05, 0.1) is 7.11 Å². The minimum absolute atomic E-state index is 0.0636. The number of hydrogen-bond donors (Lipinski definition) is 3. The van der Waals surface area contributed by atoms with Gasteiger partial charge in [-0.05, 0) is 91.1 Å². The number of aromatic nitrogens is 1. The Labute approximate surface area is 343 Å². The number of unbranched alkanes of at least 4 members (excludes halogenated alkanes) is 3. The summed E-state index contributed by atoms with van der Waals surface area (Å²) in [6, 6.07) is 31.3. The Morgan fingerprint density at radius 2 is 1.53 bits per heavy atom. The number of rotatable bonds is 23. The van der Waals surface area contributed by atoms with Gasteiger partial charge in [-0.25, -0.2) is 4.79 Å². The van der Waals surface area contributed by atoms with Crippen LogP contribution in [0.5, 0.6) is 23.0 Å². The first-order valence-electron chi connectivity index (χ1n) is 19.4. The first-order chi connectivity index (χ1) is 28.7. The molecule has 0 saturated heterocycles. The summed E-state index contributed by atoms with van der Waals surface area (Å²) in [5, 5.41) is 18.7. The van der Waals surface area contributed by atoms with Gasteiger partial charge >= 0.3 is 5.97 Å². The van der Waals surface area contributed by atoms with Gasteiger partial charge in [0.1, 0.15) is 35.6 Å². The number of nitrogens with one attached hydrogen (secondary N) is 2. The monoisotopic (exact) mass is 800 g/mol. The van der Waals surface area contributed by atoms with Crippen molar-refractivity contribution in [1.29, 1.82) is 0 Å². The van der Waals surface area contributed by atoms with Crippen molar-refractivity contribution in [3.05, 3.63) is 126 Å². The van der Waals surface area contributed by atoms with Gasteiger partial charge in [-0.1, -0.05) is 54.0 Å². The topological polar surface area (TPSA) is 170 Å². The van der Waals surface area contributed by atoms with Crippen molar-refractivity contribution in [1.82, 2.24) is 20.7 Å². The smallest absolute Gasteiger partial charge is 0.358 e. The van der Waals surface area contributed by atoms with Gasteiger partial charge in [0.25, 0.3) is 0 Å². The molecule has 1 atom stereocenters. The van der Waals surface area contributed by atoms with Crippen LogP contribution in [0.1, 0.15) is 66.6 Å². The molecule has 13 nitrogen and oxygen atoms in total. The summed E-state index contributed by atoms with van der Waals surface area (Å²) < 4.78 is 22.5. The molecule has 5 rings (SSSR count). The molecular formula is C46H48N4O9. The summed E-state index contributed by atoms with van der Waals surface area (Å²) >= 11 is 0. The van der Waals surface area contributed by atoms with Gasteiger partial charge in [-0.15, -0.1) is 12.3 Å². The minimum Gasteiger partial charge on any atom is -0.497 e. The fraction of sp³-hybridized carbons (Fsp3) is 0.283. The molecule has 1 heterocycles. The summed E-state index contributed by atoms with van der Waals surface area (Å²) in [6.45, 7) is 0.683. The van der Waals surface area contributed by atoms with Crippen LogP contribution in [0.15, 0.2) is 114 Å². The van der Waals surface area contributed by atoms with E-state index in [-0.39, 0.29) is 42.8 Å². The lowest BCUT2D eigenvalue weighted by Crippen LogP contribution is -2.52. The summed E-state index contributed by atoms with van der Waals surface area (Å²) in [5.41, 5.74) is 2.07. The molecule has 3 N–H and O–H groups in total. The third-order valence-corrected chi connectivity index (χ3v) is 9.25.